The summed E-state index contributed by atoms with van der Waals surface area (Å²) in [6, 6.07) is 5.64. The Balaban J connectivity index is 2.65. The summed E-state index contributed by atoms with van der Waals surface area (Å²) in [6.45, 7) is 0. The van der Waals surface area contributed by atoms with E-state index in [1.54, 1.807) is 10.7 Å². The molecule has 0 saturated carbocycles. The third-order valence-electron chi connectivity index (χ3n) is 1.70. The molecule has 0 aliphatic carbocycles. The van der Waals surface area contributed by atoms with Crippen molar-refractivity contribution in [3.05, 3.63) is 30.1 Å². The largest absolute Gasteiger partial charge is 0.303 e. The smallest absolute Gasteiger partial charge is 0.125 e. The predicted molar refractivity (Wildman–Crippen MR) is 42.8 cm³/mol. The van der Waals surface area contributed by atoms with Gasteiger partial charge in [-0.3, -0.25) is 0 Å². The van der Waals surface area contributed by atoms with E-state index in [2.05, 4.69) is 10.3 Å². The van der Waals surface area contributed by atoms with Gasteiger partial charge in [-0.05, 0) is 12.1 Å². The Morgan fingerprint density at radius 2 is 2.42 bits per heavy atom. The first-order valence-corrected chi connectivity index (χ1v) is 3.64. The molecular formula is C8H7N3O. The van der Waals surface area contributed by atoms with Gasteiger partial charge in [0.15, 0.2) is 0 Å². The van der Waals surface area contributed by atoms with E-state index < -0.39 is 0 Å². The van der Waals surface area contributed by atoms with Crippen LogP contribution in [-0.2, 0) is 11.2 Å². The number of aldehydes is 1. The molecule has 12 heavy (non-hydrogen) atoms. The topological polar surface area (TPSA) is 47.3 Å². The average Bonchev–Trinajstić information content (AvgIpc) is 2.53. The molecule has 0 N–H and O–H groups in total. The maximum atomic E-state index is 10.3. The SMILES string of the molecule is O=CCc1cccc2cnnn12. The van der Waals surface area contributed by atoms with Gasteiger partial charge in [0.05, 0.1) is 17.4 Å². The van der Waals surface area contributed by atoms with Crippen LogP contribution in [-0.4, -0.2) is 21.1 Å². The lowest BCUT2D eigenvalue weighted by Gasteiger charge is -1.97. The number of fused-ring (bicyclic) bond motifs is 1. The molecule has 0 bridgehead atoms. The molecule has 2 rings (SSSR count). The summed E-state index contributed by atoms with van der Waals surface area (Å²) in [4.78, 5) is 10.3. The summed E-state index contributed by atoms with van der Waals surface area (Å²) in [7, 11) is 0. The van der Waals surface area contributed by atoms with Crippen molar-refractivity contribution in [2.45, 2.75) is 6.42 Å². The van der Waals surface area contributed by atoms with Gasteiger partial charge in [-0.2, -0.15) is 0 Å². The third-order valence-corrected chi connectivity index (χ3v) is 1.70. The molecule has 2 aromatic heterocycles. The van der Waals surface area contributed by atoms with Crippen LogP contribution >= 0.6 is 0 Å². The molecule has 0 aliphatic rings. The minimum Gasteiger partial charge on any atom is -0.303 e. The van der Waals surface area contributed by atoms with Gasteiger partial charge in [0, 0.05) is 6.42 Å². The maximum absolute atomic E-state index is 10.3. The quantitative estimate of drug-likeness (QED) is 0.601. The van der Waals surface area contributed by atoms with E-state index in [1.165, 1.54) is 0 Å². The monoisotopic (exact) mass is 161 g/mol. The number of carbonyl (C=O) groups is 1. The Kier molecular flexibility index (Phi) is 1.59. The fraction of sp³-hybridized carbons (Fsp3) is 0.125. The molecule has 0 amide bonds. The van der Waals surface area contributed by atoms with Crippen LogP contribution in [0.3, 0.4) is 0 Å². The van der Waals surface area contributed by atoms with Crippen molar-refractivity contribution < 1.29 is 4.79 Å². The van der Waals surface area contributed by atoms with Gasteiger partial charge in [-0.1, -0.05) is 11.3 Å². The van der Waals surface area contributed by atoms with Gasteiger partial charge in [-0.15, -0.1) is 5.10 Å². The highest BCUT2D eigenvalue weighted by molar-refractivity contribution is 5.55. The first kappa shape index (κ1) is 6.97. The third kappa shape index (κ3) is 0.972. The van der Waals surface area contributed by atoms with E-state index in [9.17, 15) is 4.79 Å². The second-order valence-corrected chi connectivity index (χ2v) is 2.46. The van der Waals surface area contributed by atoms with Gasteiger partial charge in [0.1, 0.15) is 6.29 Å². The minimum atomic E-state index is 0.376. The second-order valence-electron chi connectivity index (χ2n) is 2.46. The van der Waals surface area contributed by atoms with Crippen LogP contribution in [0.2, 0.25) is 0 Å². The van der Waals surface area contributed by atoms with E-state index in [0.29, 0.717) is 6.42 Å². The van der Waals surface area contributed by atoms with Gasteiger partial charge < -0.3 is 4.79 Å². The zero-order chi connectivity index (χ0) is 8.39. The Bertz CT molecular complexity index is 407. The van der Waals surface area contributed by atoms with Gasteiger partial charge in [0.25, 0.3) is 0 Å². The molecule has 0 fully saturated rings. The number of aromatic nitrogens is 3. The van der Waals surface area contributed by atoms with E-state index in [1.807, 2.05) is 18.2 Å². The number of hydrogen-bond acceptors (Lipinski definition) is 3. The molecule has 0 aliphatic heterocycles. The summed E-state index contributed by atoms with van der Waals surface area (Å²) < 4.78 is 1.66. The lowest BCUT2D eigenvalue weighted by atomic mass is 10.3. The van der Waals surface area contributed by atoms with Crippen molar-refractivity contribution in [2.75, 3.05) is 0 Å². The summed E-state index contributed by atoms with van der Waals surface area (Å²) >= 11 is 0. The van der Waals surface area contributed by atoms with Crippen LogP contribution in [0.1, 0.15) is 5.69 Å². The lowest BCUT2D eigenvalue weighted by molar-refractivity contribution is -0.107. The minimum absolute atomic E-state index is 0.376. The normalized spacial score (nSPS) is 10.3. The lowest BCUT2D eigenvalue weighted by Crippen LogP contribution is -1.98. The molecule has 0 radical (unpaired) electrons. The summed E-state index contributed by atoms with van der Waals surface area (Å²) in [5.41, 5.74) is 1.77. The Morgan fingerprint density at radius 3 is 3.25 bits per heavy atom. The number of nitrogens with zero attached hydrogens (tertiary/aromatic N) is 3. The Hall–Kier alpha value is -1.71. The molecule has 0 atom stereocenters. The molecule has 4 nitrogen and oxygen atoms in total. The molecular weight excluding hydrogens is 154 g/mol. The average molecular weight is 161 g/mol. The van der Waals surface area contributed by atoms with Crippen LogP contribution < -0.4 is 0 Å². The predicted octanol–water partition coefficient (Wildman–Crippen LogP) is 0.471. The maximum Gasteiger partial charge on any atom is 0.125 e. The van der Waals surface area contributed by atoms with Crippen molar-refractivity contribution in [1.82, 2.24) is 14.8 Å². The zero-order valence-electron chi connectivity index (χ0n) is 6.34. The van der Waals surface area contributed by atoms with E-state index in [0.717, 1.165) is 17.5 Å². The van der Waals surface area contributed by atoms with Crippen LogP contribution in [0, 0.1) is 0 Å². The molecule has 60 valence electrons. The van der Waals surface area contributed by atoms with Gasteiger partial charge in [0.2, 0.25) is 0 Å². The fourth-order valence-electron chi connectivity index (χ4n) is 1.15. The van der Waals surface area contributed by atoms with Crippen LogP contribution in [0.4, 0.5) is 0 Å². The molecule has 0 unspecified atom stereocenters. The number of pyridine rings is 1. The Labute approximate surface area is 68.8 Å². The van der Waals surface area contributed by atoms with E-state index in [-0.39, 0.29) is 0 Å². The number of carbonyl (C=O) groups excluding carboxylic acids is 1. The highest BCUT2D eigenvalue weighted by atomic mass is 16.1. The zero-order valence-corrected chi connectivity index (χ0v) is 6.34. The van der Waals surface area contributed by atoms with Crippen LogP contribution in [0.25, 0.3) is 5.52 Å². The molecule has 0 aromatic carbocycles. The van der Waals surface area contributed by atoms with Gasteiger partial charge >= 0.3 is 0 Å². The van der Waals surface area contributed by atoms with Crippen LogP contribution in [0.15, 0.2) is 24.4 Å². The van der Waals surface area contributed by atoms with Crippen molar-refractivity contribution in [2.24, 2.45) is 0 Å². The molecule has 4 heteroatoms. The molecule has 2 aromatic rings. The first-order valence-electron chi connectivity index (χ1n) is 3.64. The van der Waals surface area contributed by atoms with Gasteiger partial charge in [-0.25, -0.2) is 4.52 Å². The first-order chi connectivity index (χ1) is 5.92. The molecule has 0 spiro atoms. The van der Waals surface area contributed by atoms with Crippen molar-refractivity contribution in [3.63, 3.8) is 0 Å². The highest BCUT2D eigenvalue weighted by Crippen LogP contribution is 2.03. The summed E-state index contributed by atoms with van der Waals surface area (Å²) in [5, 5.41) is 7.59. The van der Waals surface area contributed by atoms with E-state index in [4.69, 9.17) is 0 Å². The summed E-state index contributed by atoms with van der Waals surface area (Å²) in [5.74, 6) is 0. The van der Waals surface area contributed by atoms with Crippen molar-refractivity contribution >= 4 is 11.8 Å². The highest BCUT2D eigenvalue weighted by Gasteiger charge is 1.99. The second kappa shape index (κ2) is 2.73. The standard InChI is InChI=1S/C8H7N3O/c12-5-4-7-2-1-3-8-6-9-10-11(7)8/h1-3,5-6H,4H2. The van der Waals surface area contributed by atoms with E-state index >= 15 is 0 Å². The molecule has 2 heterocycles. The Morgan fingerprint density at radius 1 is 1.50 bits per heavy atom. The molecule has 0 saturated heterocycles. The number of rotatable bonds is 2. The number of hydrogen-bond donors (Lipinski definition) is 0. The van der Waals surface area contributed by atoms with Crippen molar-refractivity contribution in [1.29, 1.82) is 0 Å². The summed E-state index contributed by atoms with van der Waals surface area (Å²) in [6.07, 6.45) is 2.89. The van der Waals surface area contributed by atoms with Crippen LogP contribution in [0.5, 0.6) is 0 Å². The fourth-order valence-corrected chi connectivity index (χ4v) is 1.15. The van der Waals surface area contributed by atoms with Crippen molar-refractivity contribution in [3.8, 4) is 0 Å².